The van der Waals surface area contributed by atoms with Crippen LogP contribution in [0.4, 0.5) is 4.79 Å². The number of amides is 2. The van der Waals surface area contributed by atoms with Gasteiger partial charge in [-0.3, -0.25) is 9.59 Å². The van der Waals surface area contributed by atoms with Crippen molar-refractivity contribution in [2.24, 2.45) is 5.84 Å². The summed E-state index contributed by atoms with van der Waals surface area (Å²) in [5, 5.41) is 0.267. The minimum atomic E-state index is -1.19. The first-order valence-electron chi connectivity index (χ1n) is 4.95. The van der Waals surface area contributed by atoms with Crippen LogP contribution < -0.4 is 5.84 Å². The molecule has 1 aromatic rings. The topological polar surface area (TPSA) is 89.7 Å². The molecule has 0 saturated heterocycles. The maximum atomic E-state index is 11.6. The molecule has 6 nitrogen and oxygen atoms in total. The van der Waals surface area contributed by atoms with Crippen LogP contribution in [0.2, 0.25) is 0 Å². The van der Waals surface area contributed by atoms with E-state index in [0.29, 0.717) is 0 Å². The van der Waals surface area contributed by atoms with E-state index in [1.54, 1.807) is 18.2 Å². The number of ether oxygens (including phenoxy) is 1. The lowest BCUT2D eigenvalue weighted by Gasteiger charge is -2.13. The molecule has 0 aliphatic heterocycles. The number of hydrazine groups is 1. The van der Waals surface area contributed by atoms with Crippen molar-refractivity contribution in [2.75, 3.05) is 0 Å². The van der Waals surface area contributed by atoms with Gasteiger partial charge in [0.15, 0.2) is 0 Å². The first-order chi connectivity index (χ1) is 8.06. The van der Waals surface area contributed by atoms with Gasteiger partial charge in [-0.05, 0) is 12.1 Å². The normalized spacial score (nSPS) is 9.53. The molecule has 2 N–H and O–H groups in total. The highest BCUT2D eigenvalue weighted by Crippen LogP contribution is 2.03. The van der Waals surface area contributed by atoms with E-state index in [1.807, 2.05) is 0 Å². The van der Waals surface area contributed by atoms with Gasteiger partial charge in [0.1, 0.15) is 0 Å². The average molecular weight is 236 g/mol. The Hall–Kier alpha value is -2.21. The van der Waals surface area contributed by atoms with Gasteiger partial charge in [0.25, 0.3) is 5.91 Å². The van der Waals surface area contributed by atoms with E-state index in [2.05, 4.69) is 4.74 Å². The lowest BCUT2D eigenvalue weighted by molar-refractivity contribution is -0.137. The van der Waals surface area contributed by atoms with E-state index in [-0.39, 0.29) is 17.0 Å². The number of hydrogen-bond acceptors (Lipinski definition) is 5. The molecule has 0 aliphatic carbocycles. The van der Waals surface area contributed by atoms with Gasteiger partial charge in [0.2, 0.25) is 0 Å². The third-order valence-corrected chi connectivity index (χ3v) is 1.93. The fraction of sp³-hybridized carbons (Fsp3) is 0.182. The van der Waals surface area contributed by atoms with Gasteiger partial charge in [-0.1, -0.05) is 25.1 Å². The molecule has 0 radical (unpaired) electrons. The molecule has 0 bridgehead atoms. The summed E-state index contributed by atoms with van der Waals surface area (Å²) in [6.45, 7) is 1.52. The molecule has 0 aliphatic rings. The molecule has 0 saturated carbocycles. The van der Waals surface area contributed by atoms with Crippen LogP contribution in [0.25, 0.3) is 0 Å². The van der Waals surface area contributed by atoms with Crippen molar-refractivity contribution in [3.63, 3.8) is 0 Å². The zero-order chi connectivity index (χ0) is 12.8. The zero-order valence-corrected chi connectivity index (χ0v) is 9.25. The van der Waals surface area contributed by atoms with Crippen LogP contribution in [0.3, 0.4) is 0 Å². The largest absolute Gasteiger partial charge is 0.439 e. The van der Waals surface area contributed by atoms with E-state index in [0.717, 1.165) is 0 Å². The summed E-state index contributed by atoms with van der Waals surface area (Å²) >= 11 is 0. The lowest BCUT2D eigenvalue weighted by atomic mass is 10.2. The maximum Gasteiger partial charge on any atom is 0.439 e. The smallest absolute Gasteiger partial charge is 0.375 e. The van der Waals surface area contributed by atoms with Crippen molar-refractivity contribution in [2.45, 2.75) is 13.3 Å². The first kappa shape index (κ1) is 12.9. The molecule has 0 atom stereocenters. The van der Waals surface area contributed by atoms with Crippen molar-refractivity contribution >= 4 is 18.0 Å². The second-order valence-corrected chi connectivity index (χ2v) is 3.13. The van der Waals surface area contributed by atoms with Crippen LogP contribution in [-0.2, 0) is 9.53 Å². The highest BCUT2D eigenvalue weighted by molar-refractivity contribution is 6.03. The van der Waals surface area contributed by atoms with Gasteiger partial charge < -0.3 is 4.74 Å². The number of carbonyl (C=O) groups excluding carboxylic acids is 3. The van der Waals surface area contributed by atoms with Crippen molar-refractivity contribution in [3.8, 4) is 0 Å². The van der Waals surface area contributed by atoms with Crippen LogP contribution in [0.15, 0.2) is 30.3 Å². The Balaban J connectivity index is 2.70. The third kappa shape index (κ3) is 3.39. The van der Waals surface area contributed by atoms with Crippen LogP contribution in [0, 0.1) is 0 Å². The van der Waals surface area contributed by atoms with Gasteiger partial charge in [0, 0.05) is 12.0 Å². The Bertz CT molecular complexity index is 430. The summed E-state index contributed by atoms with van der Waals surface area (Å²) < 4.78 is 4.31. The van der Waals surface area contributed by atoms with E-state index in [1.165, 1.54) is 19.1 Å². The fourth-order valence-corrected chi connectivity index (χ4v) is 1.02. The predicted molar refractivity (Wildman–Crippen MR) is 58.6 cm³/mol. The minimum Gasteiger partial charge on any atom is -0.375 e. The van der Waals surface area contributed by atoms with E-state index in [9.17, 15) is 14.4 Å². The van der Waals surface area contributed by atoms with E-state index < -0.39 is 18.0 Å². The molecule has 0 fully saturated rings. The summed E-state index contributed by atoms with van der Waals surface area (Å²) in [6, 6.07) is 7.97. The molecule has 17 heavy (non-hydrogen) atoms. The Labute approximate surface area is 97.9 Å². The standard InChI is InChI=1S/C11H12N2O4/c1-2-9(14)17-11(16)13(12)10(15)8-6-4-3-5-7-8/h3-7H,2,12H2,1H3. The predicted octanol–water partition coefficient (Wildman–Crippen LogP) is 1.08. The Morgan fingerprint density at radius 2 is 1.82 bits per heavy atom. The molecular weight excluding hydrogens is 224 g/mol. The number of esters is 1. The van der Waals surface area contributed by atoms with Gasteiger partial charge in [-0.25, -0.2) is 10.6 Å². The quantitative estimate of drug-likeness (QED) is 0.273. The van der Waals surface area contributed by atoms with Crippen molar-refractivity contribution in [1.82, 2.24) is 5.01 Å². The molecule has 90 valence electrons. The van der Waals surface area contributed by atoms with Crippen LogP contribution in [-0.4, -0.2) is 23.0 Å². The SMILES string of the molecule is CCC(=O)OC(=O)N(N)C(=O)c1ccccc1. The Kier molecular flexibility index (Phi) is 4.36. The Morgan fingerprint density at radius 3 is 2.35 bits per heavy atom. The van der Waals surface area contributed by atoms with Crippen molar-refractivity contribution in [1.29, 1.82) is 0 Å². The minimum absolute atomic E-state index is 0.0269. The summed E-state index contributed by atoms with van der Waals surface area (Å²) in [5.74, 6) is 3.77. The molecule has 6 heteroatoms. The summed E-state index contributed by atoms with van der Waals surface area (Å²) in [7, 11) is 0. The second kappa shape index (κ2) is 5.76. The van der Waals surface area contributed by atoms with E-state index >= 15 is 0 Å². The fourth-order valence-electron chi connectivity index (χ4n) is 1.02. The van der Waals surface area contributed by atoms with Crippen LogP contribution >= 0.6 is 0 Å². The van der Waals surface area contributed by atoms with Crippen LogP contribution in [0.1, 0.15) is 23.7 Å². The summed E-state index contributed by atoms with van der Waals surface area (Å²) in [4.78, 5) is 33.8. The number of imide groups is 1. The van der Waals surface area contributed by atoms with Gasteiger partial charge >= 0.3 is 12.1 Å². The Morgan fingerprint density at radius 1 is 1.24 bits per heavy atom. The van der Waals surface area contributed by atoms with Crippen LogP contribution in [0.5, 0.6) is 0 Å². The summed E-state index contributed by atoms with van der Waals surface area (Å²) in [6.07, 6.45) is -1.16. The number of carbonyl (C=O) groups is 3. The number of nitrogens with two attached hydrogens (primary N) is 1. The molecule has 0 aromatic heterocycles. The van der Waals surface area contributed by atoms with Crippen molar-refractivity contribution in [3.05, 3.63) is 35.9 Å². The molecule has 0 unspecified atom stereocenters. The average Bonchev–Trinajstić information content (AvgIpc) is 2.37. The lowest BCUT2D eigenvalue weighted by Crippen LogP contribution is -2.43. The zero-order valence-electron chi connectivity index (χ0n) is 9.25. The third-order valence-electron chi connectivity index (χ3n) is 1.93. The van der Waals surface area contributed by atoms with Gasteiger partial charge in [-0.15, -0.1) is 0 Å². The number of nitrogens with zero attached hydrogens (tertiary/aromatic N) is 1. The molecule has 1 rings (SSSR count). The summed E-state index contributed by atoms with van der Waals surface area (Å²) in [5.41, 5.74) is 0.232. The van der Waals surface area contributed by atoms with Crippen molar-refractivity contribution < 1.29 is 19.1 Å². The molecule has 0 spiro atoms. The number of rotatable bonds is 2. The highest BCUT2D eigenvalue weighted by atomic mass is 16.6. The number of benzene rings is 1. The second-order valence-electron chi connectivity index (χ2n) is 3.13. The molecule has 2 amide bonds. The monoisotopic (exact) mass is 236 g/mol. The maximum absolute atomic E-state index is 11.6. The first-order valence-corrected chi connectivity index (χ1v) is 4.95. The molecular formula is C11H12N2O4. The number of hydrogen-bond donors (Lipinski definition) is 1. The van der Waals surface area contributed by atoms with E-state index in [4.69, 9.17) is 5.84 Å². The van der Waals surface area contributed by atoms with Gasteiger partial charge in [-0.2, -0.15) is 5.01 Å². The van der Waals surface area contributed by atoms with Gasteiger partial charge in [0.05, 0.1) is 0 Å². The molecule has 1 aromatic carbocycles. The highest BCUT2D eigenvalue weighted by Gasteiger charge is 2.22. The molecule has 0 heterocycles.